The number of rotatable bonds is 2. The zero-order chi connectivity index (χ0) is 10.4. The molecule has 1 amide bonds. The molecule has 1 heterocycles. The molecule has 0 saturated carbocycles. The first-order valence-corrected chi connectivity index (χ1v) is 3.75. The molecule has 1 aromatic rings. The maximum atomic E-state index is 11.2. The Morgan fingerprint density at radius 1 is 1.64 bits per heavy atom. The molecule has 0 bridgehead atoms. The van der Waals surface area contributed by atoms with Crippen LogP contribution in [0.15, 0.2) is 36.2 Å². The van der Waals surface area contributed by atoms with E-state index in [-0.39, 0.29) is 5.57 Å². The molecular weight excluding hydrogens is 182 g/mol. The van der Waals surface area contributed by atoms with E-state index in [0.717, 1.165) is 0 Å². The fourth-order valence-corrected chi connectivity index (χ4v) is 0.759. The van der Waals surface area contributed by atoms with Crippen LogP contribution in [0.2, 0.25) is 0 Å². The Hall–Kier alpha value is -2.35. The number of nitrogens with zero attached hydrogens (tertiary/aromatic N) is 2. The van der Waals surface area contributed by atoms with Gasteiger partial charge in [0.1, 0.15) is 18.1 Å². The van der Waals surface area contributed by atoms with Crippen LogP contribution in [0.3, 0.4) is 0 Å². The summed E-state index contributed by atoms with van der Waals surface area (Å²) in [5.41, 5.74) is -0.365. The monoisotopic (exact) mass is 189 g/mol. The van der Waals surface area contributed by atoms with Crippen LogP contribution in [-0.4, -0.2) is 16.0 Å². The second-order valence-corrected chi connectivity index (χ2v) is 2.32. The van der Waals surface area contributed by atoms with Gasteiger partial charge in [-0.1, -0.05) is 6.07 Å². The quantitative estimate of drug-likeness (QED) is 0.412. The number of hydrogen-bond acceptors (Lipinski definition) is 4. The average Bonchev–Trinajstić information content (AvgIpc) is 2.21. The fraction of sp³-hybridized carbons (Fsp3) is 0. The highest BCUT2D eigenvalue weighted by molar-refractivity contribution is 6.05. The van der Waals surface area contributed by atoms with Gasteiger partial charge in [0.2, 0.25) is 0 Å². The first-order chi connectivity index (χ1) is 6.77. The van der Waals surface area contributed by atoms with E-state index >= 15 is 0 Å². The van der Waals surface area contributed by atoms with Crippen LogP contribution < -0.4 is 5.32 Å². The second kappa shape index (κ2) is 4.62. The normalized spacial score (nSPS) is 10.4. The lowest BCUT2D eigenvalue weighted by molar-refractivity contribution is -0.112. The molecule has 0 radical (unpaired) electrons. The molecule has 0 aliphatic rings. The highest BCUT2D eigenvalue weighted by Gasteiger charge is 2.08. The van der Waals surface area contributed by atoms with E-state index in [9.17, 15) is 4.79 Å². The number of anilines is 1. The lowest BCUT2D eigenvalue weighted by atomic mass is 10.3. The fourth-order valence-electron chi connectivity index (χ4n) is 0.759. The number of aromatic nitrogens is 1. The van der Waals surface area contributed by atoms with Gasteiger partial charge in [-0.25, -0.2) is 4.98 Å². The SMILES string of the molecule is N#C/C(=C\O)C(=O)Nc1ccccn1. The third-order valence-corrected chi connectivity index (χ3v) is 1.40. The Kier molecular flexibility index (Phi) is 3.21. The Labute approximate surface area is 80.3 Å². The summed E-state index contributed by atoms with van der Waals surface area (Å²) in [6, 6.07) is 6.51. The van der Waals surface area contributed by atoms with Crippen LogP contribution in [0, 0.1) is 11.3 Å². The zero-order valence-corrected chi connectivity index (χ0v) is 7.14. The van der Waals surface area contributed by atoms with Crippen molar-refractivity contribution in [3.8, 4) is 6.07 Å². The second-order valence-electron chi connectivity index (χ2n) is 2.32. The molecule has 0 aliphatic heterocycles. The molecule has 0 spiro atoms. The number of pyridine rings is 1. The van der Waals surface area contributed by atoms with Crippen molar-refractivity contribution in [3.63, 3.8) is 0 Å². The van der Waals surface area contributed by atoms with Crippen molar-refractivity contribution < 1.29 is 9.90 Å². The summed E-state index contributed by atoms with van der Waals surface area (Å²) < 4.78 is 0. The Morgan fingerprint density at radius 3 is 2.93 bits per heavy atom. The maximum Gasteiger partial charge on any atom is 0.270 e. The summed E-state index contributed by atoms with van der Waals surface area (Å²) in [4.78, 5) is 15.0. The lowest BCUT2D eigenvalue weighted by Crippen LogP contribution is -2.14. The first-order valence-electron chi connectivity index (χ1n) is 3.75. The highest BCUT2D eigenvalue weighted by Crippen LogP contribution is 2.02. The number of hydrogen-bond donors (Lipinski definition) is 2. The molecule has 1 aromatic heterocycles. The number of amides is 1. The summed E-state index contributed by atoms with van der Waals surface area (Å²) in [6.45, 7) is 0. The average molecular weight is 189 g/mol. The standard InChI is InChI=1S/C9H7N3O2/c10-5-7(6-13)9(14)12-8-3-1-2-4-11-8/h1-4,6,13H,(H,11,12,14)/b7-6+. The van der Waals surface area contributed by atoms with Crippen LogP contribution in [0.1, 0.15) is 0 Å². The van der Waals surface area contributed by atoms with E-state index in [0.29, 0.717) is 12.1 Å². The van der Waals surface area contributed by atoms with Crippen molar-refractivity contribution in [2.24, 2.45) is 0 Å². The number of aliphatic hydroxyl groups excluding tert-OH is 1. The first kappa shape index (κ1) is 9.74. The van der Waals surface area contributed by atoms with E-state index < -0.39 is 5.91 Å². The Morgan fingerprint density at radius 2 is 2.43 bits per heavy atom. The van der Waals surface area contributed by atoms with E-state index in [1.807, 2.05) is 0 Å². The minimum Gasteiger partial charge on any atom is -0.514 e. The van der Waals surface area contributed by atoms with Gasteiger partial charge in [-0.05, 0) is 12.1 Å². The van der Waals surface area contributed by atoms with Crippen LogP contribution in [0.4, 0.5) is 5.82 Å². The Bertz CT molecular complexity index is 392. The van der Waals surface area contributed by atoms with Crippen molar-refractivity contribution in [1.82, 2.24) is 4.98 Å². The molecule has 70 valence electrons. The van der Waals surface area contributed by atoms with Gasteiger partial charge in [-0.2, -0.15) is 5.26 Å². The van der Waals surface area contributed by atoms with Crippen LogP contribution in [0.25, 0.3) is 0 Å². The predicted octanol–water partition coefficient (Wildman–Crippen LogP) is 0.986. The Balaban J connectivity index is 2.73. The number of nitrogens with one attached hydrogen (secondary N) is 1. The summed E-state index contributed by atoms with van der Waals surface area (Å²) in [5, 5.41) is 19.3. The minimum atomic E-state index is -0.686. The van der Waals surface area contributed by atoms with Crippen molar-refractivity contribution in [2.75, 3.05) is 5.32 Å². The summed E-state index contributed by atoms with van der Waals surface area (Å²) in [7, 11) is 0. The van der Waals surface area contributed by atoms with Gasteiger partial charge in [-0.3, -0.25) is 4.79 Å². The van der Waals surface area contributed by atoms with Crippen molar-refractivity contribution in [2.45, 2.75) is 0 Å². The molecule has 5 nitrogen and oxygen atoms in total. The molecule has 0 atom stereocenters. The van der Waals surface area contributed by atoms with E-state index in [1.165, 1.54) is 6.20 Å². The molecule has 14 heavy (non-hydrogen) atoms. The zero-order valence-electron chi connectivity index (χ0n) is 7.14. The van der Waals surface area contributed by atoms with Gasteiger partial charge in [0.25, 0.3) is 5.91 Å². The summed E-state index contributed by atoms with van der Waals surface area (Å²) in [6.07, 6.45) is 1.96. The third-order valence-electron chi connectivity index (χ3n) is 1.40. The maximum absolute atomic E-state index is 11.2. The van der Waals surface area contributed by atoms with Crippen molar-refractivity contribution >= 4 is 11.7 Å². The lowest BCUT2D eigenvalue weighted by Gasteiger charge is -2.00. The largest absolute Gasteiger partial charge is 0.514 e. The van der Waals surface area contributed by atoms with Crippen molar-refractivity contribution in [1.29, 1.82) is 5.26 Å². The third kappa shape index (κ3) is 2.32. The van der Waals surface area contributed by atoms with Crippen LogP contribution in [-0.2, 0) is 4.79 Å². The molecule has 5 heteroatoms. The molecule has 1 rings (SSSR count). The van der Waals surface area contributed by atoms with Gasteiger partial charge in [0.15, 0.2) is 5.57 Å². The predicted molar refractivity (Wildman–Crippen MR) is 49.2 cm³/mol. The van der Waals surface area contributed by atoms with E-state index in [2.05, 4.69) is 10.3 Å². The number of carbonyl (C=O) groups excluding carboxylic acids is 1. The van der Waals surface area contributed by atoms with E-state index in [1.54, 1.807) is 24.3 Å². The van der Waals surface area contributed by atoms with Gasteiger partial charge < -0.3 is 10.4 Å². The number of nitriles is 1. The van der Waals surface area contributed by atoms with Gasteiger partial charge in [-0.15, -0.1) is 0 Å². The molecular formula is C9H7N3O2. The molecule has 2 N–H and O–H groups in total. The molecule has 0 unspecified atom stereocenters. The number of carbonyl (C=O) groups is 1. The van der Waals surface area contributed by atoms with Crippen LogP contribution >= 0.6 is 0 Å². The van der Waals surface area contributed by atoms with Gasteiger partial charge in [0.05, 0.1) is 0 Å². The number of aliphatic hydroxyl groups is 1. The van der Waals surface area contributed by atoms with Gasteiger partial charge >= 0.3 is 0 Å². The molecule has 0 fully saturated rings. The van der Waals surface area contributed by atoms with E-state index in [4.69, 9.17) is 10.4 Å². The van der Waals surface area contributed by atoms with Crippen LogP contribution in [0.5, 0.6) is 0 Å². The summed E-state index contributed by atoms with van der Waals surface area (Å²) in [5.74, 6) is -0.360. The van der Waals surface area contributed by atoms with Gasteiger partial charge in [0, 0.05) is 6.20 Å². The minimum absolute atomic E-state index is 0.326. The summed E-state index contributed by atoms with van der Waals surface area (Å²) >= 11 is 0. The molecule has 0 aliphatic carbocycles. The smallest absolute Gasteiger partial charge is 0.270 e. The molecule has 0 aromatic carbocycles. The van der Waals surface area contributed by atoms with Crippen molar-refractivity contribution in [3.05, 3.63) is 36.2 Å². The molecule has 0 saturated heterocycles. The highest BCUT2D eigenvalue weighted by atomic mass is 16.2. The topological polar surface area (TPSA) is 86.0 Å².